The lowest BCUT2D eigenvalue weighted by atomic mass is 9.69. The fourth-order valence-electron chi connectivity index (χ4n) is 4.35. The largest absolute Gasteiger partial charge is 0.468 e. The van der Waals surface area contributed by atoms with Crippen LogP contribution in [-0.4, -0.2) is 37.4 Å². The van der Waals surface area contributed by atoms with Crippen LogP contribution in [0.4, 0.5) is 0 Å². The summed E-state index contributed by atoms with van der Waals surface area (Å²) in [5.74, 6) is -1.68. The number of esters is 2. The van der Waals surface area contributed by atoms with Crippen molar-refractivity contribution in [2.75, 3.05) is 14.2 Å². The van der Waals surface area contributed by atoms with E-state index >= 15 is 0 Å². The van der Waals surface area contributed by atoms with E-state index in [1.54, 1.807) is 12.2 Å². The number of aliphatic hydroxyl groups is 1. The van der Waals surface area contributed by atoms with Crippen molar-refractivity contribution in [2.24, 2.45) is 17.3 Å². The van der Waals surface area contributed by atoms with Crippen LogP contribution in [0.15, 0.2) is 35.5 Å². The molecule has 0 unspecified atom stereocenters. The van der Waals surface area contributed by atoms with Gasteiger partial charge < -0.3 is 14.6 Å². The number of carbonyl (C=O) groups is 2. The highest BCUT2D eigenvalue weighted by atomic mass is 16.5. The van der Waals surface area contributed by atoms with Crippen molar-refractivity contribution in [1.29, 1.82) is 0 Å². The average molecular weight is 332 g/mol. The molecule has 0 saturated carbocycles. The van der Waals surface area contributed by atoms with Crippen LogP contribution in [-0.2, 0) is 19.1 Å². The van der Waals surface area contributed by atoms with E-state index in [0.29, 0.717) is 6.42 Å². The first kappa shape index (κ1) is 17.0. The van der Waals surface area contributed by atoms with Gasteiger partial charge in [-0.1, -0.05) is 24.3 Å². The highest BCUT2D eigenvalue weighted by molar-refractivity contribution is 6.04. The highest BCUT2D eigenvalue weighted by Crippen LogP contribution is 2.54. The molecule has 0 radical (unpaired) electrons. The summed E-state index contributed by atoms with van der Waals surface area (Å²) < 4.78 is 9.94. The number of allylic oxidation sites excluding steroid dienone is 4. The second-order valence-electron chi connectivity index (χ2n) is 6.75. The average Bonchev–Trinajstić information content (AvgIpc) is 2.96. The van der Waals surface area contributed by atoms with E-state index < -0.39 is 23.5 Å². The van der Waals surface area contributed by atoms with E-state index in [9.17, 15) is 14.7 Å². The molecular formula is C19H24O5. The summed E-state index contributed by atoms with van der Waals surface area (Å²) in [4.78, 5) is 25.3. The number of carbonyl (C=O) groups excluding carboxylic acids is 2. The Morgan fingerprint density at radius 3 is 2.46 bits per heavy atom. The summed E-state index contributed by atoms with van der Waals surface area (Å²) in [6, 6.07) is 0. The first-order valence-corrected chi connectivity index (χ1v) is 8.50. The Kier molecular flexibility index (Phi) is 4.63. The van der Waals surface area contributed by atoms with E-state index in [2.05, 4.69) is 6.08 Å². The minimum Gasteiger partial charge on any atom is -0.468 e. The topological polar surface area (TPSA) is 72.8 Å². The fourth-order valence-corrected chi connectivity index (χ4v) is 4.35. The van der Waals surface area contributed by atoms with Crippen molar-refractivity contribution in [1.82, 2.24) is 0 Å². The van der Waals surface area contributed by atoms with Gasteiger partial charge in [-0.25, -0.2) is 0 Å². The van der Waals surface area contributed by atoms with Crippen LogP contribution < -0.4 is 0 Å². The third-order valence-electron chi connectivity index (χ3n) is 5.50. The monoisotopic (exact) mass is 332 g/mol. The van der Waals surface area contributed by atoms with Crippen LogP contribution in [0, 0.1) is 17.3 Å². The van der Waals surface area contributed by atoms with Crippen molar-refractivity contribution < 1.29 is 24.2 Å². The molecule has 0 amide bonds. The van der Waals surface area contributed by atoms with Gasteiger partial charge in [0.2, 0.25) is 0 Å². The van der Waals surface area contributed by atoms with Gasteiger partial charge >= 0.3 is 11.9 Å². The van der Waals surface area contributed by atoms with Gasteiger partial charge in [-0.05, 0) is 43.3 Å². The van der Waals surface area contributed by atoms with Crippen LogP contribution in [0.1, 0.15) is 32.1 Å². The Morgan fingerprint density at radius 1 is 1.17 bits per heavy atom. The number of hydrogen-bond acceptors (Lipinski definition) is 5. The summed E-state index contributed by atoms with van der Waals surface area (Å²) in [5.41, 5.74) is 0.735. The molecule has 1 N–H and O–H groups in total. The molecule has 0 aromatic rings. The van der Waals surface area contributed by atoms with E-state index in [1.807, 2.05) is 6.08 Å². The van der Waals surface area contributed by atoms with Gasteiger partial charge in [-0.3, -0.25) is 9.59 Å². The third kappa shape index (κ3) is 2.51. The zero-order chi connectivity index (χ0) is 17.3. The van der Waals surface area contributed by atoms with Crippen LogP contribution in [0.5, 0.6) is 0 Å². The van der Waals surface area contributed by atoms with E-state index in [1.165, 1.54) is 26.2 Å². The number of aliphatic hydroxyl groups excluding tert-OH is 1. The lowest BCUT2D eigenvalue weighted by Crippen LogP contribution is -2.47. The van der Waals surface area contributed by atoms with Crippen molar-refractivity contribution in [3.05, 3.63) is 35.5 Å². The zero-order valence-corrected chi connectivity index (χ0v) is 14.2. The van der Waals surface area contributed by atoms with Crippen LogP contribution in [0.3, 0.4) is 0 Å². The Bertz CT molecular complexity index is 612. The molecule has 5 heteroatoms. The third-order valence-corrected chi connectivity index (χ3v) is 5.50. The zero-order valence-electron chi connectivity index (χ0n) is 14.2. The summed E-state index contributed by atoms with van der Waals surface area (Å²) in [5, 5.41) is 10.1. The standard InChI is InChI=1S/C19H24O5/c1-23-17(21)19(18(22)24-2)11-15(12-6-4-3-5-7-12)14-9-8-13(20)10-16(14)19/h6,8-9,11,13-14,16,20H,3-5,7,10H2,1-2H3/t13-,14+,16+/m0/s1. The number of ether oxygens (including phenoxy) is 2. The maximum Gasteiger partial charge on any atom is 0.327 e. The molecule has 3 aliphatic rings. The lowest BCUT2D eigenvalue weighted by Gasteiger charge is -2.35. The summed E-state index contributed by atoms with van der Waals surface area (Å²) in [6.45, 7) is 0. The minimum atomic E-state index is -1.48. The SMILES string of the molecule is COC(=O)C1(C(=O)OC)C=C(C2=CCCCC2)[C@H]2C=C[C@H](O)C[C@H]21. The molecule has 0 aromatic heterocycles. The molecule has 0 aromatic carbocycles. The quantitative estimate of drug-likeness (QED) is 0.488. The van der Waals surface area contributed by atoms with E-state index in [4.69, 9.17) is 9.47 Å². The second-order valence-corrected chi connectivity index (χ2v) is 6.75. The fraction of sp³-hybridized carbons (Fsp3) is 0.579. The predicted molar refractivity (Wildman–Crippen MR) is 87.8 cm³/mol. The molecule has 0 aliphatic heterocycles. The summed E-state index contributed by atoms with van der Waals surface area (Å²) >= 11 is 0. The normalized spacial score (nSPS) is 30.9. The lowest BCUT2D eigenvalue weighted by molar-refractivity contribution is -0.169. The minimum absolute atomic E-state index is 0.0732. The second kappa shape index (κ2) is 6.55. The number of fused-ring (bicyclic) bond motifs is 1. The van der Waals surface area contributed by atoms with Crippen molar-refractivity contribution >= 4 is 11.9 Å². The smallest absolute Gasteiger partial charge is 0.327 e. The molecule has 5 nitrogen and oxygen atoms in total. The highest BCUT2D eigenvalue weighted by Gasteiger charge is 2.60. The molecule has 3 rings (SSSR count). The molecule has 0 saturated heterocycles. The first-order chi connectivity index (χ1) is 11.5. The molecule has 0 bridgehead atoms. The van der Waals surface area contributed by atoms with Gasteiger partial charge in [0.25, 0.3) is 0 Å². The van der Waals surface area contributed by atoms with Crippen molar-refractivity contribution in [3.8, 4) is 0 Å². The van der Waals surface area contributed by atoms with Crippen LogP contribution >= 0.6 is 0 Å². The molecule has 0 spiro atoms. The molecule has 0 heterocycles. The molecule has 0 fully saturated rings. The Labute approximate surface area is 142 Å². The molecule has 3 atom stereocenters. The predicted octanol–water partition coefficient (Wildman–Crippen LogP) is 2.31. The Morgan fingerprint density at radius 2 is 1.88 bits per heavy atom. The maximum absolute atomic E-state index is 12.6. The number of rotatable bonds is 3. The molecular weight excluding hydrogens is 308 g/mol. The number of hydrogen-bond donors (Lipinski definition) is 1. The van der Waals surface area contributed by atoms with Crippen LogP contribution in [0.2, 0.25) is 0 Å². The van der Waals surface area contributed by atoms with Gasteiger partial charge in [0.15, 0.2) is 5.41 Å². The van der Waals surface area contributed by atoms with Gasteiger partial charge in [-0.2, -0.15) is 0 Å². The van der Waals surface area contributed by atoms with E-state index in [0.717, 1.165) is 24.8 Å². The molecule has 3 aliphatic carbocycles. The first-order valence-electron chi connectivity index (χ1n) is 8.50. The van der Waals surface area contributed by atoms with Gasteiger partial charge in [-0.15, -0.1) is 0 Å². The van der Waals surface area contributed by atoms with Gasteiger partial charge in [0.05, 0.1) is 20.3 Å². The Balaban J connectivity index is 2.13. The summed E-state index contributed by atoms with van der Waals surface area (Å²) in [6.07, 6.45) is 11.5. The van der Waals surface area contributed by atoms with Gasteiger partial charge in [0.1, 0.15) is 0 Å². The van der Waals surface area contributed by atoms with Crippen molar-refractivity contribution in [3.63, 3.8) is 0 Å². The molecule has 130 valence electrons. The summed E-state index contributed by atoms with van der Waals surface area (Å²) in [7, 11) is 2.56. The molecule has 24 heavy (non-hydrogen) atoms. The van der Waals surface area contributed by atoms with Crippen molar-refractivity contribution in [2.45, 2.75) is 38.2 Å². The Hall–Kier alpha value is -1.88. The maximum atomic E-state index is 12.6. The van der Waals surface area contributed by atoms with Crippen LogP contribution in [0.25, 0.3) is 0 Å². The number of methoxy groups -OCH3 is 2. The van der Waals surface area contributed by atoms with Gasteiger partial charge in [0, 0.05) is 11.8 Å². The van der Waals surface area contributed by atoms with E-state index in [-0.39, 0.29) is 11.8 Å².